The number of furan rings is 1. The van der Waals surface area contributed by atoms with Crippen LogP contribution in [0.3, 0.4) is 0 Å². The average molecular weight is 238 g/mol. The summed E-state index contributed by atoms with van der Waals surface area (Å²) in [5.41, 5.74) is 3.30. The number of para-hydroxylation sites is 2. The number of rotatable bonds is 3. The zero-order chi connectivity index (χ0) is 12.4. The maximum Gasteiger partial charge on any atom is 0.134 e. The molecule has 0 unspecified atom stereocenters. The molecule has 0 atom stereocenters. The SMILES string of the molecule is COc1ccccc1Cc1coc2ccccc12. The molecule has 0 N–H and O–H groups in total. The van der Waals surface area contributed by atoms with Crippen molar-refractivity contribution in [2.75, 3.05) is 7.11 Å². The molecule has 90 valence electrons. The van der Waals surface area contributed by atoms with Crippen molar-refractivity contribution < 1.29 is 9.15 Å². The summed E-state index contributed by atoms with van der Waals surface area (Å²) >= 11 is 0. The molecule has 0 aliphatic heterocycles. The molecule has 2 aromatic carbocycles. The summed E-state index contributed by atoms with van der Waals surface area (Å²) in [6.45, 7) is 0. The molecule has 0 saturated heterocycles. The zero-order valence-corrected chi connectivity index (χ0v) is 10.2. The maximum absolute atomic E-state index is 5.55. The monoisotopic (exact) mass is 238 g/mol. The van der Waals surface area contributed by atoms with Gasteiger partial charge < -0.3 is 9.15 Å². The molecule has 0 spiro atoms. The molecule has 1 heterocycles. The number of hydrogen-bond acceptors (Lipinski definition) is 2. The van der Waals surface area contributed by atoms with Gasteiger partial charge >= 0.3 is 0 Å². The molecule has 2 nitrogen and oxygen atoms in total. The highest BCUT2D eigenvalue weighted by atomic mass is 16.5. The summed E-state index contributed by atoms with van der Waals surface area (Å²) < 4.78 is 10.9. The third-order valence-corrected chi connectivity index (χ3v) is 3.13. The number of benzene rings is 2. The minimum Gasteiger partial charge on any atom is -0.496 e. The number of fused-ring (bicyclic) bond motifs is 1. The van der Waals surface area contributed by atoms with Crippen LogP contribution in [-0.4, -0.2) is 7.11 Å². The Morgan fingerprint density at radius 1 is 0.944 bits per heavy atom. The van der Waals surface area contributed by atoms with Crippen LogP contribution in [0.1, 0.15) is 11.1 Å². The predicted molar refractivity (Wildman–Crippen MR) is 72.0 cm³/mol. The van der Waals surface area contributed by atoms with Gasteiger partial charge in [-0.3, -0.25) is 0 Å². The zero-order valence-electron chi connectivity index (χ0n) is 10.2. The van der Waals surface area contributed by atoms with Gasteiger partial charge in [0.05, 0.1) is 13.4 Å². The minimum atomic E-state index is 0.820. The fourth-order valence-electron chi connectivity index (χ4n) is 2.22. The van der Waals surface area contributed by atoms with Crippen LogP contribution in [0.4, 0.5) is 0 Å². The van der Waals surface area contributed by atoms with Crippen LogP contribution in [0.5, 0.6) is 5.75 Å². The Bertz CT molecular complexity index is 667. The summed E-state index contributed by atoms with van der Waals surface area (Å²) in [7, 11) is 1.70. The third-order valence-electron chi connectivity index (χ3n) is 3.13. The van der Waals surface area contributed by atoms with E-state index >= 15 is 0 Å². The second-order valence-corrected chi connectivity index (χ2v) is 4.25. The molecule has 0 saturated carbocycles. The summed E-state index contributed by atoms with van der Waals surface area (Å²) in [5, 5.41) is 1.17. The van der Waals surface area contributed by atoms with Crippen LogP contribution >= 0.6 is 0 Å². The number of ether oxygens (including phenoxy) is 1. The highest BCUT2D eigenvalue weighted by molar-refractivity contribution is 5.81. The van der Waals surface area contributed by atoms with Crippen molar-refractivity contribution in [2.45, 2.75) is 6.42 Å². The lowest BCUT2D eigenvalue weighted by Gasteiger charge is -2.06. The quantitative estimate of drug-likeness (QED) is 0.687. The van der Waals surface area contributed by atoms with Crippen molar-refractivity contribution in [2.24, 2.45) is 0 Å². The second kappa shape index (κ2) is 4.57. The lowest BCUT2D eigenvalue weighted by molar-refractivity contribution is 0.410. The highest BCUT2D eigenvalue weighted by Gasteiger charge is 2.08. The molecule has 18 heavy (non-hydrogen) atoms. The highest BCUT2D eigenvalue weighted by Crippen LogP contribution is 2.26. The van der Waals surface area contributed by atoms with Gasteiger partial charge in [0, 0.05) is 17.4 Å². The average Bonchev–Trinajstić information content (AvgIpc) is 2.83. The Morgan fingerprint density at radius 2 is 1.72 bits per heavy atom. The molecule has 3 rings (SSSR count). The summed E-state index contributed by atoms with van der Waals surface area (Å²) in [5.74, 6) is 0.919. The van der Waals surface area contributed by atoms with Gasteiger partial charge in [-0.1, -0.05) is 36.4 Å². The Kier molecular flexibility index (Phi) is 2.77. The largest absolute Gasteiger partial charge is 0.496 e. The first kappa shape index (κ1) is 10.9. The predicted octanol–water partition coefficient (Wildman–Crippen LogP) is 4.03. The number of hydrogen-bond donors (Lipinski definition) is 0. The van der Waals surface area contributed by atoms with Crippen LogP contribution in [0, 0.1) is 0 Å². The van der Waals surface area contributed by atoms with E-state index in [1.54, 1.807) is 7.11 Å². The summed E-state index contributed by atoms with van der Waals surface area (Å²) in [6, 6.07) is 16.2. The van der Waals surface area contributed by atoms with Crippen molar-refractivity contribution >= 4 is 11.0 Å². The van der Waals surface area contributed by atoms with E-state index < -0.39 is 0 Å². The molecule has 0 aliphatic carbocycles. The second-order valence-electron chi connectivity index (χ2n) is 4.25. The van der Waals surface area contributed by atoms with E-state index in [9.17, 15) is 0 Å². The van der Waals surface area contributed by atoms with Crippen molar-refractivity contribution in [3.8, 4) is 5.75 Å². The van der Waals surface area contributed by atoms with Gasteiger partial charge in [-0.05, 0) is 17.7 Å². The van der Waals surface area contributed by atoms with Gasteiger partial charge in [0.25, 0.3) is 0 Å². The molecule has 0 bridgehead atoms. The van der Waals surface area contributed by atoms with Gasteiger partial charge in [-0.25, -0.2) is 0 Å². The third kappa shape index (κ3) is 1.86. The van der Waals surface area contributed by atoms with Gasteiger partial charge in [0.15, 0.2) is 0 Å². The first-order chi connectivity index (χ1) is 8.88. The lowest BCUT2D eigenvalue weighted by Crippen LogP contribution is -1.92. The van der Waals surface area contributed by atoms with Crippen molar-refractivity contribution in [1.29, 1.82) is 0 Å². The van der Waals surface area contributed by atoms with Gasteiger partial charge in [-0.15, -0.1) is 0 Å². The smallest absolute Gasteiger partial charge is 0.134 e. The summed E-state index contributed by atoms with van der Waals surface area (Å²) in [6.07, 6.45) is 2.65. The van der Waals surface area contributed by atoms with E-state index in [0.717, 1.165) is 17.8 Å². The molecule has 1 aromatic heterocycles. The first-order valence-electron chi connectivity index (χ1n) is 5.95. The van der Waals surface area contributed by atoms with Crippen LogP contribution in [0.25, 0.3) is 11.0 Å². The van der Waals surface area contributed by atoms with E-state index in [1.165, 1.54) is 16.5 Å². The molecular formula is C16H14O2. The van der Waals surface area contributed by atoms with Crippen molar-refractivity contribution in [3.05, 3.63) is 65.9 Å². The fraction of sp³-hybridized carbons (Fsp3) is 0.125. The Morgan fingerprint density at radius 3 is 2.61 bits per heavy atom. The van der Waals surface area contributed by atoms with Crippen LogP contribution in [-0.2, 0) is 6.42 Å². The van der Waals surface area contributed by atoms with Crippen LogP contribution in [0.2, 0.25) is 0 Å². The molecule has 0 radical (unpaired) electrons. The summed E-state index contributed by atoms with van der Waals surface area (Å²) in [4.78, 5) is 0. The molecule has 3 aromatic rings. The van der Waals surface area contributed by atoms with E-state index in [0.29, 0.717) is 0 Å². The van der Waals surface area contributed by atoms with Crippen LogP contribution < -0.4 is 4.74 Å². The van der Waals surface area contributed by atoms with Crippen LogP contribution in [0.15, 0.2) is 59.2 Å². The van der Waals surface area contributed by atoms with Crippen molar-refractivity contribution in [3.63, 3.8) is 0 Å². The first-order valence-corrected chi connectivity index (χ1v) is 5.95. The van der Waals surface area contributed by atoms with E-state index in [-0.39, 0.29) is 0 Å². The van der Waals surface area contributed by atoms with E-state index in [4.69, 9.17) is 9.15 Å². The molecule has 0 aliphatic rings. The van der Waals surface area contributed by atoms with E-state index in [2.05, 4.69) is 12.1 Å². The normalized spacial score (nSPS) is 10.7. The molecule has 0 fully saturated rings. The van der Waals surface area contributed by atoms with Gasteiger partial charge in [0.1, 0.15) is 11.3 Å². The molecular weight excluding hydrogens is 224 g/mol. The van der Waals surface area contributed by atoms with Gasteiger partial charge in [-0.2, -0.15) is 0 Å². The Hall–Kier alpha value is -2.22. The maximum atomic E-state index is 5.55. The minimum absolute atomic E-state index is 0.820. The number of methoxy groups -OCH3 is 1. The lowest BCUT2D eigenvalue weighted by atomic mass is 10.0. The van der Waals surface area contributed by atoms with Gasteiger partial charge in [0.2, 0.25) is 0 Å². The topological polar surface area (TPSA) is 22.4 Å². The Labute approximate surface area is 106 Å². The standard InChI is InChI=1S/C16H14O2/c1-17-15-8-4-2-6-12(15)10-13-11-18-16-9-5-3-7-14(13)16/h2-9,11H,10H2,1H3. The Balaban J connectivity index is 2.01. The molecule has 2 heteroatoms. The van der Waals surface area contributed by atoms with E-state index in [1.807, 2.05) is 42.7 Å². The fourth-order valence-corrected chi connectivity index (χ4v) is 2.22. The van der Waals surface area contributed by atoms with Crippen molar-refractivity contribution in [1.82, 2.24) is 0 Å². The molecule has 0 amide bonds.